The smallest absolute Gasteiger partial charge is 0.242 e. The summed E-state index contributed by atoms with van der Waals surface area (Å²) in [5, 5.41) is 5.51. The summed E-state index contributed by atoms with van der Waals surface area (Å²) < 4.78 is 0. The molecule has 2 amide bonds. The number of aryl methyl sites for hydroxylation is 1. The predicted octanol–water partition coefficient (Wildman–Crippen LogP) is 0.596. The normalized spacial score (nSPS) is 18.7. The lowest BCUT2D eigenvalue weighted by molar-refractivity contribution is -0.130. The Kier molecular flexibility index (Phi) is 4.39. The van der Waals surface area contributed by atoms with Crippen molar-refractivity contribution in [3.8, 4) is 0 Å². The van der Waals surface area contributed by atoms with E-state index in [2.05, 4.69) is 10.6 Å². The second-order valence-electron chi connectivity index (χ2n) is 4.75. The molecule has 0 radical (unpaired) electrons. The summed E-state index contributed by atoms with van der Waals surface area (Å²) in [5.41, 5.74) is 7.48. The van der Waals surface area contributed by atoms with Crippen LogP contribution in [-0.2, 0) is 16.0 Å². The van der Waals surface area contributed by atoms with E-state index in [9.17, 15) is 9.59 Å². The van der Waals surface area contributed by atoms with Crippen molar-refractivity contribution in [2.45, 2.75) is 31.7 Å². The van der Waals surface area contributed by atoms with Crippen LogP contribution in [0.25, 0.3) is 0 Å². The first-order valence-electron chi connectivity index (χ1n) is 6.57. The molecule has 19 heavy (non-hydrogen) atoms. The quantitative estimate of drug-likeness (QED) is 0.694. The van der Waals surface area contributed by atoms with Crippen molar-refractivity contribution in [2.24, 2.45) is 0 Å². The maximum Gasteiger partial charge on any atom is 0.242 e. The van der Waals surface area contributed by atoms with Crippen molar-refractivity contribution in [1.29, 1.82) is 0 Å². The van der Waals surface area contributed by atoms with Crippen LogP contribution in [0.4, 0.5) is 5.69 Å². The summed E-state index contributed by atoms with van der Waals surface area (Å²) in [6.45, 7) is 0.700. The molecule has 1 aliphatic rings. The number of nitrogens with two attached hydrogens (primary N) is 1. The molecule has 0 aliphatic carbocycles. The standard InChI is InChI=1S/C14H19N3O2/c15-11-5-2-1-4-10(11)7-8-13(18)17-12-6-3-9-16-14(12)19/h1-2,4-5,12H,3,6-9,15H2,(H,16,19)(H,17,18). The highest BCUT2D eigenvalue weighted by atomic mass is 16.2. The summed E-state index contributed by atoms with van der Waals surface area (Å²) in [6, 6.07) is 7.12. The van der Waals surface area contributed by atoms with Crippen LogP contribution < -0.4 is 16.4 Å². The van der Waals surface area contributed by atoms with E-state index in [1.807, 2.05) is 24.3 Å². The minimum atomic E-state index is -0.380. The van der Waals surface area contributed by atoms with Crippen LogP contribution in [0.15, 0.2) is 24.3 Å². The fourth-order valence-electron chi connectivity index (χ4n) is 2.19. The molecular formula is C14H19N3O2. The number of piperidine rings is 1. The number of carbonyl (C=O) groups is 2. The van der Waals surface area contributed by atoms with Crippen LogP contribution in [0.5, 0.6) is 0 Å². The zero-order valence-corrected chi connectivity index (χ0v) is 10.8. The molecule has 0 bridgehead atoms. The van der Waals surface area contributed by atoms with Crippen LogP contribution in [0, 0.1) is 0 Å². The van der Waals surface area contributed by atoms with Crippen molar-refractivity contribution < 1.29 is 9.59 Å². The first-order valence-corrected chi connectivity index (χ1v) is 6.57. The van der Waals surface area contributed by atoms with Crippen LogP contribution in [0.3, 0.4) is 0 Å². The van der Waals surface area contributed by atoms with E-state index in [1.54, 1.807) is 0 Å². The number of hydrogen-bond acceptors (Lipinski definition) is 3. The number of para-hydroxylation sites is 1. The lowest BCUT2D eigenvalue weighted by Gasteiger charge is -2.22. The maximum atomic E-state index is 11.8. The fourth-order valence-corrected chi connectivity index (χ4v) is 2.19. The lowest BCUT2D eigenvalue weighted by Crippen LogP contribution is -2.50. The number of hydrogen-bond donors (Lipinski definition) is 3. The minimum absolute atomic E-state index is 0.0844. The monoisotopic (exact) mass is 261 g/mol. The largest absolute Gasteiger partial charge is 0.399 e. The summed E-state index contributed by atoms with van der Waals surface area (Å²) >= 11 is 0. The average Bonchev–Trinajstić information content (AvgIpc) is 2.40. The van der Waals surface area contributed by atoms with Crippen molar-refractivity contribution in [3.05, 3.63) is 29.8 Å². The molecule has 1 atom stereocenters. The molecule has 4 N–H and O–H groups in total. The second-order valence-corrected chi connectivity index (χ2v) is 4.75. The zero-order valence-electron chi connectivity index (χ0n) is 10.8. The van der Waals surface area contributed by atoms with Gasteiger partial charge in [-0.2, -0.15) is 0 Å². The van der Waals surface area contributed by atoms with E-state index < -0.39 is 0 Å². The third-order valence-corrected chi connectivity index (χ3v) is 3.30. The fraction of sp³-hybridized carbons (Fsp3) is 0.429. The van der Waals surface area contributed by atoms with E-state index in [0.29, 0.717) is 31.5 Å². The Labute approximate surface area is 112 Å². The van der Waals surface area contributed by atoms with Gasteiger partial charge < -0.3 is 16.4 Å². The van der Waals surface area contributed by atoms with Gasteiger partial charge in [-0.05, 0) is 30.9 Å². The first kappa shape index (κ1) is 13.4. The van der Waals surface area contributed by atoms with Gasteiger partial charge in [0.2, 0.25) is 11.8 Å². The highest BCUT2D eigenvalue weighted by Crippen LogP contribution is 2.12. The van der Waals surface area contributed by atoms with Crippen molar-refractivity contribution in [3.63, 3.8) is 0 Å². The molecule has 1 aromatic carbocycles. The summed E-state index contributed by atoms with van der Waals surface area (Å²) in [4.78, 5) is 23.3. The van der Waals surface area contributed by atoms with Crippen LogP contribution in [0.1, 0.15) is 24.8 Å². The number of benzene rings is 1. The summed E-state index contributed by atoms with van der Waals surface area (Å²) in [7, 11) is 0. The van der Waals surface area contributed by atoms with E-state index in [-0.39, 0.29) is 17.9 Å². The predicted molar refractivity (Wildman–Crippen MR) is 73.3 cm³/mol. The molecule has 5 nitrogen and oxygen atoms in total. The number of carbonyl (C=O) groups excluding carboxylic acids is 2. The zero-order chi connectivity index (χ0) is 13.7. The lowest BCUT2D eigenvalue weighted by atomic mass is 10.1. The molecule has 1 unspecified atom stereocenters. The topological polar surface area (TPSA) is 84.2 Å². The third kappa shape index (κ3) is 3.71. The second kappa shape index (κ2) is 6.22. The van der Waals surface area contributed by atoms with Gasteiger partial charge in [0.15, 0.2) is 0 Å². The van der Waals surface area contributed by atoms with Crippen LogP contribution in [0.2, 0.25) is 0 Å². The molecule has 1 aromatic rings. The molecule has 2 rings (SSSR count). The molecule has 1 fully saturated rings. The number of nitrogen functional groups attached to an aromatic ring is 1. The van der Waals surface area contributed by atoms with Gasteiger partial charge in [0.05, 0.1) is 0 Å². The molecule has 5 heteroatoms. The molecule has 0 aromatic heterocycles. The van der Waals surface area contributed by atoms with Crippen molar-refractivity contribution in [2.75, 3.05) is 12.3 Å². The van der Waals surface area contributed by atoms with Gasteiger partial charge in [-0.25, -0.2) is 0 Å². The molecule has 1 saturated heterocycles. The Balaban J connectivity index is 1.81. The summed E-state index contributed by atoms with van der Waals surface area (Å²) in [5.74, 6) is -0.191. The van der Waals surface area contributed by atoms with Gasteiger partial charge in [-0.3, -0.25) is 9.59 Å². The number of nitrogens with one attached hydrogen (secondary N) is 2. The first-order chi connectivity index (χ1) is 9.16. The number of rotatable bonds is 4. The van der Waals surface area contributed by atoms with E-state index in [0.717, 1.165) is 12.0 Å². The molecule has 0 spiro atoms. The molecule has 1 heterocycles. The highest BCUT2D eigenvalue weighted by Gasteiger charge is 2.23. The Hall–Kier alpha value is -2.04. The molecular weight excluding hydrogens is 242 g/mol. The van der Waals surface area contributed by atoms with Gasteiger partial charge in [0, 0.05) is 18.7 Å². The van der Waals surface area contributed by atoms with Gasteiger partial charge in [0.1, 0.15) is 6.04 Å². The van der Waals surface area contributed by atoms with Crippen LogP contribution >= 0.6 is 0 Å². The number of anilines is 1. The molecule has 0 saturated carbocycles. The Morgan fingerprint density at radius 1 is 1.42 bits per heavy atom. The maximum absolute atomic E-state index is 11.8. The van der Waals surface area contributed by atoms with Gasteiger partial charge >= 0.3 is 0 Å². The Bertz CT molecular complexity index is 474. The highest BCUT2D eigenvalue weighted by molar-refractivity contribution is 5.88. The van der Waals surface area contributed by atoms with Gasteiger partial charge in [-0.1, -0.05) is 18.2 Å². The number of amides is 2. The average molecular weight is 261 g/mol. The van der Waals surface area contributed by atoms with Gasteiger partial charge in [-0.15, -0.1) is 0 Å². The van der Waals surface area contributed by atoms with E-state index in [4.69, 9.17) is 5.73 Å². The van der Waals surface area contributed by atoms with Crippen molar-refractivity contribution >= 4 is 17.5 Å². The third-order valence-electron chi connectivity index (χ3n) is 3.30. The Morgan fingerprint density at radius 2 is 2.21 bits per heavy atom. The minimum Gasteiger partial charge on any atom is -0.399 e. The SMILES string of the molecule is Nc1ccccc1CCC(=O)NC1CCCNC1=O. The van der Waals surface area contributed by atoms with E-state index >= 15 is 0 Å². The van der Waals surface area contributed by atoms with Crippen LogP contribution in [-0.4, -0.2) is 24.4 Å². The van der Waals surface area contributed by atoms with Gasteiger partial charge in [0.25, 0.3) is 0 Å². The molecule has 102 valence electrons. The van der Waals surface area contributed by atoms with Crippen molar-refractivity contribution in [1.82, 2.24) is 10.6 Å². The van der Waals surface area contributed by atoms with E-state index in [1.165, 1.54) is 0 Å². The Morgan fingerprint density at radius 3 is 2.95 bits per heavy atom. The summed E-state index contributed by atoms with van der Waals surface area (Å²) in [6.07, 6.45) is 2.55. The molecule has 1 aliphatic heterocycles.